The topological polar surface area (TPSA) is 153 Å². The molecule has 1 amide bonds. The highest BCUT2D eigenvalue weighted by Gasteiger charge is 2.58. The van der Waals surface area contributed by atoms with E-state index in [9.17, 15) is 14.4 Å². The predicted octanol–water partition coefficient (Wildman–Crippen LogP) is 6.47. The van der Waals surface area contributed by atoms with Crippen LogP contribution in [0.4, 0.5) is 4.79 Å². The molecule has 50 heavy (non-hydrogen) atoms. The predicted molar refractivity (Wildman–Crippen MR) is 194 cm³/mol. The normalized spacial score (nSPS) is 40.7. The molecule has 3 aliphatic heterocycles. The number of ether oxygens (including phenoxy) is 5. The van der Waals surface area contributed by atoms with Gasteiger partial charge in [0.25, 0.3) is 0 Å². The van der Waals surface area contributed by atoms with Crippen molar-refractivity contribution >= 4 is 29.6 Å². The monoisotopic (exact) mass is 725 g/mol. The number of thioether (sulfide) groups is 1. The molecule has 3 saturated heterocycles. The summed E-state index contributed by atoms with van der Waals surface area (Å²) in [6.45, 7) is 18.3. The molecule has 286 valence electrons. The maximum Gasteiger partial charge on any atom is 0.410 e. The number of esters is 1. The third-order valence-corrected chi connectivity index (χ3v) is 12.8. The zero-order chi connectivity index (χ0) is 37.6. The van der Waals surface area contributed by atoms with E-state index in [1.807, 2.05) is 27.7 Å². The fourth-order valence-electron chi connectivity index (χ4n) is 8.34. The quantitative estimate of drug-likeness (QED) is 0.0612. The Labute approximate surface area is 303 Å². The molecule has 0 aromatic carbocycles. The molecule has 3 unspecified atom stereocenters. The second-order valence-electron chi connectivity index (χ2n) is 15.5. The number of rotatable bonds is 10. The SMILES string of the molecule is CC[C@H]1OC(=O)[C@H](C)C(=O)[C@@H](C)[C@@H](O[C@@H]2OC(C)CC(N(C)C)C2C)[C@](C)(OC)C[C@@H](C)CS[C@H](C)[C@H]2N(CCCCN=[N+]=[N-])C(=O)O[C@]12C. The zero-order valence-electron chi connectivity index (χ0n) is 32.4. The van der Waals surface area contributed by atoms with Crippen molar-refractivity contribution in [3.8, 4) is 0 Å². The van der Waals surface area contributed by atoms with Crippen LogP contribution >= 0.6 is 11.8 Å². The Morgan fingerprint density at radius 3 is 2.38 bits per heavy atom. The summed E-state index contributed by atoms with van der Waals surface area (Å²) >= 11 is 1.74. The molecular weight excluding hydrogens is 662 g/mol. The lowest BCUT2D eigenvalue weighted by Gasteiger charge is -2.47. The number of hydrogen-bond donors (Lipinski definition) is 0. The van der Waals surface area contributed by atoms with Crippen LogP contribution in [0.5, 0.6) is 0 Å². The summed E-state index contributed by atoms with van der Waals surface area (Å²) < 4.78 is 31.8. The Hall–Kier alpha value is -2.09. The van der Waals surface area contributed by atoms with Gasteiger partial charge in [0, 0.05) is 48.2 Å². The Morgan fingerprint density at radius 1 is 1.10 bits per heavy atom. The van der Waals surface area contributed by atoms with Gasteiger partial charge in [-0.15, -0.1) is 0 Å². The van der Waals surface area contributed by atoms with Gasteiger partial charge in [-0.2, -0.15) is 11.8 Å². The van der Waals surface area contributed by atoms with Gasteiger partial charge in [0.2, 0.25) is 0 Å². The van der Waals surface area contributed by atoms with E-state index < -0.39 is 59.6 Å². The first-order valence-corrected chi connectivity index (χ1v) is 19.4. The number of ketones is 1. The molecule has 0 aliphatic carbocycles. The van der Waals surface area contributed by atoms with Gasteiger partial charge in [0.1, 0.15) is 12.0 Å². The van der Waals surface area contributed by atoms with Crippen LogP contribution in [0.2, 0.25) is 0 Å². The highest BCUT2D eigenvalue weighted by atomic mass is 32.2. The molecule has 13 nitrogen and oxygen atoms in total. The molecule has 3 rings (SSSR count). The number of azide groups is 1. The molecule has 0 radical (unpaired) electrons. The number of carbonyl (C=O) groups is 3. The van der Waals surface area contributed by atoms with E-state index in [2.05, 4.69) is 49.8 Å². The highest BCUT2D eigenvalue weighted by Crippen LogP contribution is 2.43. The second kappa shape index (κ2) is 18.1. The highest BCUT2D eigenvalue weighted by molar-refractivity contribution is 7.99. The van der Waals surface area contributed by atoms with Crippen molar-refractivity contribution in [3.05, 3.63) is 10.4 Å². The summed E-state index contributed by atoms with van der Waals surface area (Å²) in [5, 5.41) is 3.53. The van der Waals surface area contributed by atoms with Crippen LogP contribution in [0.25, 0.3) is 10.4 Å². The standard InChI is InChI=1S/C36H63N5O8S/c1-13-28-36(9)30(41(34(44)49-36)17-15-14-16-38-39-37)26(7)50-20-21(2)19-35(8,45-12)31(24(5)29(42)25(6)32(43)47-28)48-33-23(4)27(40(10)11)18-22(3)46-33/h21-28,30-31,33H,13-20H2,1-12H3/t21-,22?,23?,24-,25-,26-,27?,28-,30-,31-,33+,35-,36-/m1/s1. The van der Waals surface area contributed by atoms with Gasteiger partial charge < -0.3 is 28.6 Å². The minimum Gasteiger partial charge on any atom is -0.458 e. The molecule has 0 saturated carbocycles. The molecule has 3 heterocycles. The van der Waals surface area contributed by atoms with E-state index in [4.69, 9.17) is 29.2 Å². The Kier molecular flexibility index (Phi) is 15.3. The van der Waals surface area contributed by atoms with Gasteiger partial charge in [-0.25, -0.2) is 4.79 Å². The van der Waals surface area contributed by atoms with E-state index in [0.717, 1.165) is 12.2 Å². The average Bonchev–Trinajstić information content (AvgIpc) is 3.33. The summed E-state index contributed by atoms with van der Waals surface area (Å²) in [6, 6.07) is -0.191. The first kappa shape index (κ1) is 42.3. The fraction of sp³-hybridized carbons (Fsp3) is 0.917. The van der Waals surface area contributed by atoms with Gasteiger partial charge in [-0.05, 0) is 91.1 Å². The first-order chi connectivity index (χ1) is 23.4. The van der Waals surface area contributed by atoms with Gasteiger partial charge in [-0.1, -0.05) is 39.7 Å². The lowest BCUT2D eigenvalue weighted by atomic mass is 9.78. The summed E-state index contributed by atoms with van der Waals surface area (Å²) in [5.74, 6) is -1.92. The van der Waals surface area contributed by atoms with Crippen LogP contribution in [-0.4, -0.2) is 121 Å². The average molecular weight is 726 g/mol. The van der Waals surface area contributed by atoms with Crippen molar-refractivity contribution in [1.82, 2.24) is 9.80 Å². The van der Waals surface area contributed by atoms with Crippen molar-refractivity contribution < 1.29 is 38.1 Å². The molecule has 14 heteroatoms. The summed E-state index contributed by atoms with van der Waals surface area (Å²) in [5.41, 5.74) is 6.61. The van der Waals surface area contributed by atoms with Crippen LogP contribution in [0.15, 0.2) is 5.11 Å². The lowest BCUT2D eigenvalue weighted by Crippen LogP contribution is -2.57. The van der Waals surface area contributed by atoms with Gasteiger partial charge in [0.15, 0.2) is 17.7 Å². The van der Waals surface area contributed by atoms with E-state index in [1.165, 1.54) is 0 Å². The van der Waals surface area contributed by atoms with Crippen molar-refractivity contribution in [2.75, 3.05) is 40.0 Å². The minimum absolute atomic E-state index is 0.0210. The van der Waals surface area contributed by atoms with Crippen molar-refractivity contribution in [2.45, 2.75) is 148 Å². The molecule has 13 atom stereocenters. The van der Waals surface area contributed by atoms with Crippen molar-refractivity contribution in [2.24, 2.45) is 28.8 Å². The van der Waals surface area contributed by atoms with Crippen LogP contribution in [0.1, 0.15) is 94.4 Å². The number of unbranched alkanes of at least 4 members (excludes halogenated alkanes) is 1. The van der Waals surface area contributed by atoms with Gasteiger partial charge in [0.05, 0.1) is 23.9 Å². The molecule has 0 aromatic rings. The Balaban J connectivity index is 2.02. The molecular formula is C36H63N5O8S. The van der Waals surface area contributed by atoms with Crippen LogP contribution in [0, 0.1) is 23.7 Å². The van der Waals surface area contributed by atoms with Crippen molar-refractivity contribution in [1.29, 1.82) is 0 Å². The van der Waals surface area contributed by atoms with Gasteiger partial charge in [-0.3, -0.25) is 14.5 Å². The summed E-state index contributed by atoms with van der Waals surface area (Å²) in [7, 11) is 5.77. The van der Waals surface area contributed by atoms with Gasteiger partial charge >= 0.3 is 12.1 Å². The van der Waals surface area contributed by atoms with E-state index in [-0.39, 0.29) is 35.0 Å². The smallest absolute Gasteiger partial charge is 0.410 e. The number of fused-ring (bicyclic) bond motifs is 1. The third-order valence-electron chi connectivity index (χ3n) is 11.2. The molecule has 0 spiro atoms. The number of cyclic esters (lactones) is 1. The van der Waals surface area contributed by atoms with E-state index >= 15 is 0 Å². The molecule has 3 fully saturated rings. The number of amides is 1. The molecule has 0 N–H and O–H groups in total. The third kappa shape index (κ3) is 9.46. The molecule has 0 aromatic heterocycles. The summed E-state index contributed by atoms with van der Waals surface area (Å²) in [6.07, 6.45) is 0.494. The van der Waals surface area contributed by atoms with Crippen LogP contribution < -0.4 is 0 Å². The Bertz CT molecular complexity index is 1220. The number of nitrogens with zero attached hydrogens (tertiary/aromatic N) is 5. The Morgan fingerprint density at radius 2 is 1.78 bits per heavy atom. The maximum atomic E-state index is 14.3. The number of hydrogen-bond acceptors (Lipinski definition) is 11. The van der Waals surface area contributed by atoms with E-state index in [0.29, 0.717) is 38.8 Å². The largest absolute Gasteiger partial charge is 0.458 e. The second-order valence-corrected chi connectivity index (χ2v) is 16.9. The minimum atomic E-state index is -1.16. The number of methoxy groups -OCH3 is 1. The van der Waals surface area contributed by atoms with Crippen LogP contribution in [0.3, 0.4) is 0 Å². The molecule has 0 bridgehead atoms. The fourth-order valence-corrected chi connectivity index (χ4v) is 9.69. The number of Topliss-reactive ketones (excluding diaryl/α,β-unsaturated/α-hetero) is 1. The van der Waals surface area contributed by atoms with Crippen molar-refractivity contribution in [3.63, 3.8) is 0 Å². The van der Waals surface area contributed by atoms with Crippen LogP contribution in [-0.2, 0) is 33.3 Å². The zero-order valence-corrected chi connectivity index (χ0v) is 33.2. The molecule has 3 aliphatic rings. The number of carbonyl (C=O) groups excluding carboxylic acids is 3. The van der Waals surface area contributed by atoms with E-state index in [1.54, 1.807) is 37.6 Å². The maximum absolute atomic E-state index is 14.3. The summed E-state index contributed by atoms with van der Waals surface area (Å²) in [4.78, 5) is 48.4. The first-order valence-electron chi connectivity index (χ1n) is 18.3. The lowest BCUT2D eigenvalue weighted by molar-refractivity contribution is -0.280.